The van der Waals surface area contributed by atoms with E-state index in [0.29, 0.717) is 28.4 Å². The maximum absolute atomic E-state index is 12.4. The Balaban J connectivity index is 1.59. The number of carbonyl (C=O) groups is 3. The fraction of sp³-hybridized carbons (Fsp3) is 0.286. The monoisotopic (exact) mass is 401 g/mol. The van der Waals surface area contributed by atoms with E-state index in [9.17, 15) is 14.4 Å². The van der Waals surface area contributed by atoms with E-state index in [1.165, 1.54) is 13.8 Å². The maximum atomic E-state index is 12.4. The third-order valence-electron chi connectivity index (χ3n) is 4.46. The molecule has 0 saturated heterocycles. The zero-order valence-corrected chi connectivity index (χ0v) is 16.3. The molecule has 2 aromatic carbocycles. The zero-order valence-electron chi connectivity index (χ0n) is 15.5. The van der Waals surface area contributed by atoms with Gasteiger partial charge >= 0.3 is 5.97 Å². The van der Waals surface area contributed by atoms with Crippen LogP contribution in [0.15, 0.2) is 42.5 Å². The number of ether oxygens (including phenoxy) is 2. The average Bonchev–Trinajstić information content (AvgIpc) is 2.67. The second-order valence-corrected chi connectivity index (χ2v) is 7.11. The molecule has 28 heavy (non-hydrogen) atoms. The molecule has 146 valence electrons. The number of rotatable bonds is 5. The fourth-order valence-electron chi connectivity index (χ4n) is 2.90. The molecule has 1 aliphatic heterocycles. The second-order valence-electron chi connectivity index (χ2n) is 6.67. The third kappa shape index (κ3) is 4.70. The SMILES string of the molecule is CC(=O)c1cccc(NC(=O)[C@@H](C)OC(=O)[C@@H]2COc3ccc(Cl)cc3C2)c1. The first kappa shape index (κ1) is 19.9. The summed E-state index contributed by atoms with van der Waals surface area (Å²) in [6.07, 6.45) is -0.557. The number of ketones is 1. The van der Waals surface area contributed by atoms with Crippen LogP contribution in [0, 0.1) is 5.92 Å². The van der Waals surface area contributed by atoms with Gasteiger partial charge in [-0.2, -0.15) is 0 Å². The molecule has 0 aliphatic carbocycles. The van der Waals surface area contributed by atoms with Crippen molar-refractivity contribution in [2.45, 2.75) is 26.4 Å². The van der Waals surface area contributed by atoms with Crippen LogP contribution in [0.3, 0.4) is 0 Å². The number of hydrogen-bond acceptors (Lipinski definition) is 5. The number of hydrogen-bond donors (Lipinski definition) is 1. The van der Waals surface area contributed by atoms with E-state index in [1.54, 1.807) is 42.5 Å². The molecule has 0 radical (unpaired) electrons. The molecule has 1 N–H and O–H groups in total. The highest BCUT2D eigenvalue weighted by molar-refractivity contribution is 6.30. The van der Waals surface area contributed by atoms with Crippen LogP contribution in [-0.2, 0) is 20.7 Å². The van der Waals surface area contributed by atoms with Crippen molar-refractivity contribution in [1.82, 2.24) is 0 Å². The number of amides is 1. The highest BCUT2D eigenvalue weighted by Gasteiger charge is 2.30. The number of fused-ring (bicyclic) bond motifs is 1. The molecule has 7 heteroatoms. The Hall–Kier alpha value is -2.86. The molecule has 0 spiro atoms. The topological polar surface area (TPSA) is 81.7 Å². The van der Waals surface area contributed by atoms with Crippen molar-refractivity contribution in [1.29, 1.82) is 0 Å². The number of nitrogens with one attached hydrogen (secondary N) is 1. The van der Waals surface area contributed by atoms with E-state index in [0.717, 1.165) is 5.56 Å². The van der Waals surface area contributed by atoms with Gasteiger partial charge in [0.2, 0.25) is 0 Å². The van der Waals surface area contributed by atoms with E-state index in [2.05, 4.69) is 5.32 Å². The van der Waals surface area contributed by atoms with Gasteiger partial charge in [0.05, 0.1) is 5.92 Å². The quantitative estimate of drug-likeness (QED) is 0.610. The minimum atomic E-state index is -0.991. The summed E-state index contributed by atoms with van der Waals surface area (Å²) in [6, 6.07) is 11.8. The van der Waals surface area contributed by atoms with Crippen LogP contribution in [0.2, 0.25) is 5.02 Å². The van der Waals surface area contributed by atoms with Gasteiger partial charge in [0.1, 0.15) is 12.4 Å². The largest absolute Gasteiger partial charge is 0.492 e. The lowest BCUT2D eigenvalue weighted by Gasteiger charge is -2.25. The Morgan fingerprint density at radius 1 is 1.21 bits per heavy atom. The van der Waals surface area contributed by atoms with Crippen molar-refractivity contribution in [3.05, 3.63) is 58.6 Å². The van der Waals surface area contributed by atoms with Gasteiger partial charge in [0.25, 0.3) is 5.91 Å². The van der Waals surface area contributed by atoms with E-state index >= 15 is 0 Å². The van der Waals surface area contributed by atoms with E-state index in [-0.39, 0.29) is 12.4 Å². The minimum absolute atomic E-state index is 0.103. The van der Waals surface area contributed by atoms with Gasteiger partial charge in [-0.05, 0) is 56.2 Å². The Labute approximate surface area is 167 Å². The van der Waals surface area contributed by atoms with E-state index in [4.69, 9.17) is 21.1 Å². The zero-order chi connectivity index (χ0) is 20.3. The Morgan fingerprint density at radius 3 is 2.75 bits per heavy atom. The second kappa shape index (κ2) is 8.44. The Morgan fingerprint density at radius 2 is 2.00 bits per heavy atom. The number of esters is 1. The van der Waals surface area contributed by atoms with Crippen molar-refractivity contribution in [3.8, 4) is 5.75 Å². The molecule has 2 atom stereocenters. The van der Waals surface area contributed by atoms with E-state index < -0.39 is 23.9 Å². The van der Waals surface area contributed by atoms with E-state index in [1.807, 2.05) is 0 Å². The summed E-state index contributed by atoms with van der Waals surface area (Å²) >= 11 is 5.99. The number of benzene rings is 2. The molecule has 0 bridgehead atoms. The van der Waals surface area contributed by atoms with Crippen LogP contribution >= 0.6 is 11.6 Å². The van der Waals surface area contributed by atoms with Crippen molar-refractivity contribution < 1.29 is 23.9 Å². The van der Waals surface area contributed by atoms with Crippen LogP contribution in [0.25, 0.3) is 0 Å². The number of anilines is 1. The molecule has 6 nitrogen and oxygen atoms in total. The predicted molar refractivity (Wildman–Crippen MR) is 105 cm³/mol. The summed E-state index contributed by atoms with van der Waals surface area (Å²) in [5.74, 6) is -0.903. The normalized spacial score (nSPS) is 16.3. The first-order valence-electron chi connectivity index (χ1n) is 8.87. The predicted octanol–water partition coefficient (Wildman–Crippen LogP) is 3.66. The lowest BCUT2D eigenvalue weighted by atomic mass is 9.97. The highest BCUT2D eigenvalue weighted by atomic mass is 35.5. The molecule has 0 aromatic heterocycles. The molecule has 1 amide bonds. The third-order valence-corrected chi connectivity index (χ3v) is 4.70. The van der Waals surface area contributed by atoms with Crippen LogP contribution in [0.5, 0.6) is 5.75 Å². The Bertz CT molecular complexity index is 927. The molecule has 3 rings (SSSR count). The van der Waals surface area contributed by atoms with Crippen molar-refractivity contribution >= 4 is 34.9 Å². The Kier molecular flexibility index (Phi) is 5.99. The smallest absolute Gasteiger partial charge is 0.313 e. The fourth-order valence-corrected chi connectivity index (χ4v) is 3.09. The summed E-state index contributed by atoms with van der Waals surface area (Å²) in [4.78, 5) is 36.2. The minimum Gasteiger partial charge on any atom is -0.492 e. The van der Waals surface area contributed by atoms with Crippen LogP contribution in [-0.4, -0.2) is 30.4 Å². The van der Waals surface area contributed by atoms with Gasteiger partial charge in [0, 0.05) is 16.3 Å². The lowest BCUT2D eigenvalue weighted by Crippen LogP contribution is -2.36. The van der Waals surface area contributed by atoms with Gasteiger partial charge < -0.3 is 14.8 Å². The van der Waals surface area contributed by atoms with Gasteiger partial charge in [-0.25, -0.2) is 0 Å². The van der Waals surface area contributed by atoms with Gasteiger partial charge in [0.15, 0.2) is 11.9 Å². The number of Topliss-reactive ketones (excluding diaryl/α,β-unsaturated/α-hetero) is 1. The molecule has 1 aliphatic rings. The van der Waals surface area contributed by atoms with Crippen molar-refractivity contribution in [2.75, 3.05) is 11.9 Å². The van der Waals surface area contributed by atoms with Crippen molar-refractivity contribution in [3.63, 3.8) is 0 Å². The highest BCUT2D eigenvalue weighted by Crippen LogP contribution is 2.30. The van der Waals surface area contributed by atoms with Gasteiger partial charge in [-0.3, -0.25) is 14.4 Å². The number of carbonyl (C=O) groups excluding carboxylic acids is 3. The average molecular weight is 402 g/mol. The van der Waals surface area contributed by atoms with Crippen LogP contribution < -0.4 is 10.1 Å². The molecular weight excluding hydrogens is 382 g/mol. The summed E-state index contributed by atoms with van der Waals surface area (Å²) < 4.78 is 10.9. The molecule has 0 saturated carbocycles. The maximum Gasteiger partial charge on any atom is 0.313 e. The van der Waals surface area contributed by atoms with Crippen LogP contribution in [0.1, 0.15) is 29.8 Å². The lowest BCUT2D eigenvalue weighted by molar-refractivity contribution is -0.158. The van der Waals surface area contributed by atoms with Crippen molar-refractivity contribution in [2.24, 2.45) is 5.92 Å². The summed E-state index contributed by atoms with van der Waals surface area (Å²) in [5.41, 5.74) is 1.78. The molecule has 0 fully saturated rings. The van der Waals surface area contributed by atoms with Crippen LogP contribution in [0.4, 0.5) is 5.69 Å². The first-order valence-corrected chi connectivity index (χ1v) is 9.25. The summed E-state index contributed by atoms with van der Waals surface area (Å²) in [5, 5.41) is 3.22. The summed E-state index contributed by atoms with van der Waals surface area (Å²) in [6.45, 7) is 3.13. The standard InChI is InChI=1S/C21H20ClNO5/c1-12(24)14-4-3-5-18(10-14)23-20(25)13(2)28-21(26)16-8-15-9-17(22)6-7-19(15)27-11-16/h3-7,9-10,13,16H,8,11H2,1-2H3,(H,23,25)/t13-,16+/m1/s1. The van der Waals surface area contributed by atoms with Gasteiger partial charge in [-0.15, -0.1) is 0 Å². The molecule has 2 aromatic rings. The first-order chi connectivity index (χ1) is 13.3. The molecule has 1 heterocycles. The summed E-state index contributed by atoms with van der Waals surface area (Å²) in [7, 11) is 0. The molecule has 0 unspecified atom stereocenters. The van der Waals surface area contributed by atoms with Gasteiger partial charge in [-0.1, -0.05) is 23.7 Å². The molecular formula is C21H20ClNO5. The number of halogens is 1.